The van der Waals surface area contributed by atoms with Crippen molar-refractivity contribution < 1.29 is 23.7 Å². The summed E-state index contributed by atoms with van der Waals surface area (Å²) in [7, 11) is 7.92. The van der Waals surface area contributed by atoms with Crippen LogP contribution in [0.15, 0.2) is 210 Å². The van der Waals surface area contributed by atoms with Crippen molar-refractivity contribution in [2.45, 2.75) is 37.6 Å². The molecule has 0 bridgehead atoms. The average molecular weight is 1130 g/mol. The van der Waals surface area contributed by atoms with Gasteiger partial charge >= 0.3 is 6.09 Å². The topological polar surface area (TPSA) is 72.5 Å². The number of fused-ring (bicyclic) bond motifs is 3. The summed E-state index contributed by atoms with van der Waals surface area (Å²) in [5.41, 5.74) is 0. The summed E-state index contributed by atoms with van der Waals surface area (Å²) in [6.45, 7) is 2.46. The van der Waals surface area contributed by atoms with Crippen LogP contribution in [0.4, 0.5) is 4.79 Å². The number of nitrogens with zero attached hydrogens (tertiary/aromatic N) is 2. The smallest absolute Gasteiger partial charge is 0.414 e. The molecule has 10 aromatic rings. The van der Waals surface area contributed by atoms with E-state index in [1.165, 1.54) is 31.3 Å². The molecular weight excluding hydrogens is 1060 g/mol. The van der Waals surface area contributed by atoms with Crippen molar-refractivity contribution in [3.63, 3.8) is 0 Å². The zero-order chi connectivity index (χ0) is 50.6. The van der Waals surface area contributed by atoms with Crippen LogP contribution in [0, 0.1) is 0 Å². The van der Waals surface area contributed by atoms with Crippen LogP contribution >= 0.6 is 74.5 Å². The molecule has 398 valence electrons. The van der Waals surface area contributed by atoms with Crippen LogP contribution in [0.2, 0.25) is 0 Å². The lowest BCUT2D eigenvalue weighted by atomic mass is 10.1. The molecule has 0 aliphatic carbocycles. The van der Waals surface area contributed by atoms with Gasteiger partial charge in [0.2, 0.25) is 0 Å². The monoisotopic (exact) mass is 1130 g/mol. The summed E-state index contributed by atoms with van der Waals surface area (Å²) < 4.78 is 24.6. The summed E-state index contributed by atoms with van der Waals surface area (Å²) in [6.07, 6.45) is 2.27. The first kappa shape index (κ1) is 60.9. The molecule has 76 heavy (non-hydrogen) atoms. The lowest BCUT2D eigenvalue weighted by Gasteiger charge is -2.23. The van der Waals surface area contributed by atoms with Gasteiger partial charge < -0.3 is 34.1 Å². The molecule has 0 fully saturated rings. The Bertz CT molecular complexity index is 3180. The molecule has 0 unspecified atom stereocenters. The van der Waals surface area contributed by atoms with Gasteiger partial charge in [0.15, 0.2) is 0 Å². The number of rotatable bonds is 19. The van der Waals surface area contributed by atoms with E-state index >= 15 is 0 Å². The summed E-state index contributed by atoms with van der Waals surface area (Å²) in [5, 5.41) is 16.5. The maximum absolute atomic E-state index is 12.4. The summed E-state index contributed by atoms with van der Waals surface area (Å²) in [5.74, 6) is 3.31. The molecule has 0 spiro atoms. The second-order valence-electron chi connectivity index (χ2n) is 17.7. The third-order valence-electron chi connectivity index (χ3n) is 12.1. The van der Waals surface area contributed by atoms with Crippen molar-refractivity contribution in [3.05, 3.63) is 225 Å². The quantitative estimate of drug-likeness (QED) is 0.0865. The van der Waals surface area contributed by atoms with E-state index in [9.17, 15) is 4.79 Å². The van der Waals surface area contributed by atoms with Gasteiger partial charge in [0, 0.05) is 70.2 Å². The molecule has 3 atom stereocenters. The highest BCUT2D eigenvalue weighted by Crippen LogP contribution is 2.36. The number of carbonyl (C=O) groups excluding carboxylic acids is 1. The molecule has 3 aromatic heterocycles. The number of carbonyl (C=O) groups is 1. The van der Waals surface area contributed by atoms with Gasteiger partial charge in [-0.15, -0.1) is 34.0 Å². The Morgan fingerprint density at radius 1 is 0.447 bits per heavy atom. The second-order valence-corrected chi connectivity index (χ2v) is 20.6. The Morgan fingerprint density at radius 3 is 1.20 bits per heavy atom. The van der Waals surface area contributed by atoms with E-state index < -0.39 is 0 Å². The molecule has 7 aromatic carbocycles. The Kier molecular flexibility index (Phi) is 25.6. The highest BCUT2D eigenvalue weighted by Gasteiger charge is 2.21. The van der Waals surface area contributed by atoms with E-state index in [1.807, 2.05) is 61.0 Å². The minimum atomic E-state index is -0.378. The molecule has 0 saturated carbocycles. The van der Waals surface area contributed by atoms with E-state index in [2.05, 4.69) is 169 Å². The predicted octanol–water partition coefficient (Wildman–Crippen LogP) is 16.5. The fourth-order valence-corrected chi connectivity index (χ4v) is 10.6. The molecule has 0 saturated heterocycles. The van der Waals surface area contributed by atoms with Gasteiger partial charge in [-0.1, -0.05) is 146 Å². The molecule has 0 radical (unpaired) electrons. The Morgan fingerprint density at radius 2 is 0.816 bits per heavy atom. The highest BCUT2D eigenvalue weighted by atomic mass is 32.1. The van der Waals surface area contributed by atoms with Gasteiger partial charge in [-0.25, -0.2) is 4.79 Å². The summed E-state index contributed by atoms with van der Waals surface area (Å²) in [4.78, 5) is 19.9. The lowest BCUT2D eigenvalue weighted by Crippen LogP contribution is -2.31. The Labute approximate surface area is 481 Å². The Balaban J connectivity index is 0.000000211. The van der Waals surface area contributed by atoms with Gasteiger partial charge in [-0.2, -0.15) is 40.5 Å². The fourth-order valence-electron chi connectivity index (χ4n) is 8.28. The summed E-state index contributed by atoms with van der Waals surface area (Å²) in [6, 6.07) is 65.2. The maximum Gasteiger partial charge on any atom is 0.414 e. The largest absolute Gasteiger partial charge is 0.484 e. The molecule has 1 amide bonds. The van der Waals surface area contributed by atoms with Gasteiger partial charge in [0.05, 0.1) is 0 Å². The number of hydrogen-bond acceptors (Lipinski definition) is 10. The van der Waals surface area contributed by atoms with Gasteiger partial charge in [-0.3, -0.25) is 0 Å². The Hall–Kier alpha value is -5.94. The molecule has 14 heteroatoms. The number of ether oxygens (including phenoxy) is 4. The minimum absolute atomic E-state index is 0. The number of benzene rings is 7. The normalized spacial score (nSPS) is 11.8. The minimum Gasteiger partial charge on any atom is -0.484 e. The van der Waals surface area contributed by atoms with Crippen molar-refractivity contribution in [1.29, 1.82) is 0 Å². The molecule has 0 aliphatic rings. The first-order chi connectivity index (χ1) is 35.8. The fraction of sp³-hybridized carbons (Fsp3) is 0.210. The molecule has 3 heterocycles. The van der Waals surface area contributed by atoms with E-state index in [0.717, 1.165) is 58.8 Å². The third-order valence-corrected chi connectivity index (χ3v) is 15.0. The van der Waals surface area contributed by atoms with Gasteiger partial charge in [-0.05, 0) is 109 Å². The average Bonchev–Trinajstić information content (AvgIpc) is 4.28. The van der Waals surface area contributed by atoms with Crippen LogP contribution in [0.25, 0.3) is 32.3 Å². The van der Waals surface area contributed by atoms with Crippen LogP contribution in [0.3, 0.4) is 0 Å². The standard InChI is InChI=1S/C25H23NO3S.C19H21NOS.C18H19NOS.3H2S/c1-26(25(27)28-20-11-3-2-4-12-20)17-16-23(24-15-8-18-30-24)29-22-14-7-10-19-9-5-6-13-21(19)22;1-20(2)13-12-18(19-11-6-14-22-19)21-17-10-5-8-15-7-3-4-9-16(15)17;1-19-12-11-17(18-10-5-13-21-18)20-16-9-4-7-14-6-2-3-8-15(14)16;;;/h2-15,18,23H,16-17H2,1H3;3-11,14,18H,12-13H2,1-2H3;2-10,13,17,19H,11-12H2,1H3;3*1H2/t23-;18-;17-;;;/m000.../s1. The third kappa shape index (κ3) is 17.5. The molecular formula is C62H69N3O5S6. The molecule has 10 rings (SSSR count). The number of thiophene rings is 3. The SMILES string of the molecule is CN(C)CC[C@H](Oc1cccc2ccccc12)c1cccs1.CN(CC[C@H](Oc1cccc2ccccc12)c1cccs1)C(=O)Oc1ccccc1.CNCC[C@H](Oc1cccc2ccccc12)c1cccs1.S.S.S. The van der Waals surface area contributed by atoms with Gasteiger partial charge in [0.1, 0.15) is 41.3 Å². The van der Waals surface area contributed by atoms with Gasteiger partial charge in [0.25, 0.3) is 0 Å². The zero-order valence-electron chi connectivity index (χ0n) is 43.3. The number of nitrogens with one attached hydrogen (secondary N) is 1. The predicted molar refractivity (Wildman–Crippen MR) is 337 cm³/mol. The van der Waals surface area contributed by atoms with Crippen molar-refractivity contribution in [2.75, 3.05) is 47.8 Å². The van der Waals surface area contributed by atoms with Crippen LogP contribution < -0.4 is 24.3 Å². The number of hydrogen-bond donors (Lipinski definition) is 1. The van der Waals surface area contributed by atoms with E-state index in [1.54, 1.807) is 58.1 Å². The molecule has 1 N–H and O–H groups in total. The molecule has 8 nitrogen and oxygen atoms in total. The number of amides is 1. The number of para-hydroxylation sites is 1. The maximum atomic E-state index is 12.4. The van der Waals surface area contributed by atoms with E-state index in [-0.39, 0.29) is 64.9 Å². The van der Waals surface area contributed by atoms with Crippen molar-refractivity contribution >= 4 is 113 Å². The highest BCUT2D eigenvalue weighted by molar-refractivity contribution is 7.59. The van der Waals surface area contributed by atoms with Crippen molar-refractivity contribution in [1.82, 2.24) is 15.1 Å². The van der Waals surface area contributed by atoms with Crippen LogP contribution in [0.1, 0.15) is 52.2 Å². The van der Waals surface area contributed by atoms with E-state index in [4.69, 9.17) is 18.9 Å². The van der Waals surface area contributed by atoms with E-state index in [0.29, 0.717) is 18.7 Å². The first-order valence-corrected chi connectivity index (χ1v) is 27.3. The zero-order valence-corrected chi connectivity index (χ0v) is 48.8. The second kappa shape index (κ2) is 32.0. The lowest BCUT2D eigenvalue weighted by molar-refractivity contribution is 0.147. The van der Waals surface area contributed by atoms with Crippen LogP contribution in [0.5, 0.6) is 23.0 Å². The van der Waals surface area contributed by atoms with Crippen LogP contribution in [-0.2, 0) is 0 Å². The summed E-state index contributed by atoms with van der Waals surface area (Å²) >= 11 is 5.18. The van der Waals surface area contributed by atoms with Crippen LogP contribution in [-0.4, -0.2) is 63.7 Å². The van der Waals surface area contributed by atoms with Crippen molar-refractivity contribution in [3.8, 4) is 23.0 Å². The molecule has 0 aliphatic heterocycles. The van der Waals surface area contributed by atoms with Crippen molar-refractivity contribution in [2.24, 2.45) is 0 Å². The first-order valence-electron chi connectivity index (χ1n) is 24.6.